The maximum atomic E-state index is 12.3. The molecule has 0 radical (unpaired) electrons. The summed E-state index contributed by atoms with van der Waals surface area (Å²) < 4.78 is 7.79. The number of fused-ring (bicyclic) bond motifs is 1. The van der Waals surface area contributed by atoms with Gasteiger partial charge in [-0.25, -0.2) is 4.98 Å². The lowest BCUT2D eigenvalue weighted by atomic mass is 9.95. The molecule has 0 spiro atoms. The molecule has 1 saturated carbocycles. The lowest BCUT2D eigenvalue weighted by Gasteiger charge is -2.31. The standard InChI is InChI=1S/C18H21N3O2/c22-18-12-23-17-9-5-4-8-16(17)20(18)11-15-10-19-13-21(15)14-6-2-1-3-7-14/h4-5,8-10,13-14H,1-3,6-7,11-12H2. The number of carbonyl (C=O) groups is 1. The Morgan fingerprint density at radius 1 is 1.17 bits per heavy atom. The Morgan fingerprint density at radius 3 is 2.87 bits per heavy atom. The molecule has 1 aliphatic heterocycles. The number of hydrogen-bond donors (Lipinski definition) is 0. The minimum atomic E-state index is 0.0000872. The van der Waals surface area contributed by atoms with Gasteiger partial charge in [-0.05, 0) is 25.0 Å². The maximum absolute atomic E-state index is 12.3. The fourth-order valence-corrected chi connectivity index (χ4v) is 3.63. The fraction of sp³-hybridized carbons (Fsp3) is 0.444. The normalized spacial score (nSPS) is 18.6. The number of amides is 1. The van der Waals surface area contributed by atoms with E-state index in [2.05, 4.69) is 9.55 Å². The molecule has 0 unspecified atom stereocenters. The van der Waals surface area contributed by atoms with Gasteiger partial charge < -0.3 is 9.30 Å². The third-order valence-corrected chi connectivity index (χ3v) is 4.84. The predicted molar refractivity (Wildman–Crippen MR) is 87.5 cm³/mol. The van der Waals surface area contributed by atoms with E-state index in [0.29, 0.717) is 12.6 Å². The number of carbonyl (C=O) groups excluding carboxylic acids is 1. The Morgan fingerprint density at radius 2 is 2.00 bits per heavy atom. The summed E-state index contributed by atoms with van der Waals surface area (Å²) in [6, 6.07) is 8.24. The number of hydrogen-bond acceptors (Lipinski definition) is 3. The van der Waals surface area contributed by atoms with Crippen molar-refractivity contribution in [2.75, 3.05) is 11.5 Å². The molecule has 0 saturated heterocycles. The van der Waals surface area contributed by atoms with Crippen LogP contribution < -0.4 is 9.64 Å². The molecule has 2 heterocycles. The summed E-state index contributed by atoms with van der Waals surface area (Å²) in [6.45, 7) is 0.657. The quantitative estimate of drug-likeness (QED) is 0.873. The van der Waals surface area contributed by atoms with Gasteiger partial charge in [-0.15, -0.1) is 0 Å². The van der Waals surface area contributed by atoms with Gasteiger partial charge in [0.25, 0.3) is 5.91 Å². The third-order valence-electron chi connectivity index (χ3n) is 4.84. The Hall–Kier alpha value is -2.30. The largest absolute Gasteiger partial charge is 0.482 e. The average molecular weight is 311 g/mol. The van der Waals surface area contributed by atoms with Crippen molar-refractivity contribution in [2.45, 2.75) is 44.7 Å². The fourth-order valence-electron chi connectivity index (χ4n) is 3.63. The van der Waals surface area contributed by atoms with E-state index in [4.69, 9.17) is 4.74 Å². The highest BCUT2D eigenvalue weighted by Gasteiger charge is 2.27. The van der Waals surface area contributed by atoms with E-state index in [-0.39, 0.29) is 12.5 Å². The summed E-state index contributed by atoms with van der Waals surface area (Å²) in [5.74, 6) is 0.774. The highest BCUT2D eigenvalue weighted by Crippen LogP contribution is 2.34. The molecular weight excluding hydrogens is 290 g/mol. The van der Waals surface area contributed by atoms with E-state index >= 15 is 0 Å². The zero-order valence-corrected chi connectivity index (χ0v) is 13.1. The molecule has 120 valence electrons. The van der Waals surface area contributed by atoms with E-state index in [0.717, 1.165) is 17.1 Å². The van der Waals surface area contributed by atoms with Gasteiger partial charge in [0.2, 0.25) is 0 Å². The summed E-state index contributed by atoms with van der Waals surface area (Å²) in [4.78, 5) is 18.5. The van der Waals surface area contributed by atoms with Gasteiger partial charge in [0.15, 0.2) is 6.61 Å². The van der Waals surface area contributed by atoms with Crippen molar-refractivity contribution in [3.63, 3.8) is 0 Å². The van der Waals surface area contributed by atoms with Crippen LogP contribution in [0.2, 0.25) is 0 Å². The van der Waals surface area contributed by atoms with Crippen LogP contribution in [0.5, 0.6) is 5.75 Å². The van der Waals surface area contributed by atoms with Gasteiger partial charge in [0.1, 0.15) is 5.75 Å². The van der Waals surface area contributed by atoms with E-state index in [1.165, 1.54) is 32.1 Å². The minimum absolute atomic E-state index is 0.0000872. The SMILES string of the molecule is O=C1COc2ccccc2N1Cc1cncn1C1CCCCC1. The highest BCUT2D eigenvalue weighted by atomic mass is 16.5. The average Bonchev–Trinajstić information content (AvgIpc) is 3.06. The molecule has 0 atom stereocenters. The number of rotatable bonds is 3. The number of imidazole rings is 1. The van der Waals surface area contributed by atoms with Crippen LogP contribution in [0.1, 0.15) is 43.8 Å². The first-order valence-corrected chi connectivity index (χ1v) is 8.36. The molecule has 2 aromatic rings. The lowest BCUT2D eigenvalue weighted by molar-refractivity contribution is -0.121. The number of aromatic nitrogens is 2. The van der Waals surface area contributed by atoms with Crippen molar-refractivity contribution in [2.24, 2.45) is 0 Å². The molecule has 2 aliphatic rings. The van der Waals surface area contributed by atoms with Gasteiger partial charge in [0.05, 0.1) is 24.3 Å². The van der Waals surface area contributed by atoms with Crippen molar-refractivity contribution < 1.29 is 9.53 Å². The van der Waals surface area contributed by atoms with Crippen molar-refractivity contribution in [1.29, 1.82) is 0 Å². The van der Waals surface area contributed by atoms with Crippen molar-refractivity contribution in [1.82, 2.24) is 9.55 Å². The Balaban J connectivity index is 1.61. The molecule has 1 fully saturated rings. The molecular formula is C18H21N3O2. The van der Waals surface area contributed by atoms with E-state index < -0.39 is 0 Å². The number of anilines is 1. The monoisotopic (exact) mass is 311 g/mol. The molecule has 1 amide bonds. The molecule has 1 aromatic carbocycles. The zero-order chi connectivity index (χ0) is 15.6. The molecule has 5 nitrogen and oxygen atoms in total. The van der Waals surface area contributed by atoms with Crippen molar-refractivity contribution in [3.8, 4) is 5.75 Å². The predicted octanol–water partition coefficient (Wildman–Crippen LogP) is 3.31. The van der Waals surface area contributed by atoms with E-state index in [9.17, 15) is 4.79 Å². The number of ether oxygens (including phenoxy) is 1. The number of nitrogens with zero attached hydrogens (tertiary/aromatic N) is 3. The molecule has 0 N–H and O–H groups in total. The van der Waals surface area contributed by atoms with Crippen LogP contribution in [0.3, 0.4) is 0 Å². The van der Waals surface area contributed by atoms with E-state index in [1.54, 1.807) is 0 Å². The highest BCUT2D eigenvalue weighted by molar-refractivity contribution is 5.97. The first-order chi connectivity index (χ1) is 11.3. The van der Waals surface area contributed by atoms with Crippen LogP contribution >= 0.6 is 0 Å². The second-order valence-electron chi connectivity index (χ2n) is 6.32. The molecule has 0 bridgehead atoms. The Labute approximate surface area is 135 Å². The third kappa shape index (κ3) is 2.71. The topological polar surface area (TPSA) is 47.4 Å². The van der Waals surface area contributed by atoms with Crippen molar-refractivity contribution >= 4 is 11.6 Å². The summed E-state index contributed by atoms with van der Waals surface area (Å²) in [5.41, 5.74) is 1.95. The summed E-state index contributed by atoms with van der Waals surface area (Å²) in [5, 5.41) is 0. The first-order valence-electron chi connectivity index (χ1n) is 8.36. The lowest BCUT2D eigenvalue weighted by Crippen LogP contribution is -2.38. The van der Waals surface area contributed by atoms with Gasteiger partial charge in [-0.3, -0.25) is 9.69 Å². The van der Waals surface area contributed by atoms with Crippen LogP contribution in [0.4, 0.5) is 5.69 Å². The summed E-state index contributed by atoms with van der Waals surface area (Å²) in [7, 11) is 0. The zero-order valence-electron chi connectivity index (χ0n) is 13.1. The molecule has 5 heteroatoms. The van der Waals surface area contributed by atoms with E-state index in [1.807, 2.05) is 41.7 Å². The molecule has 4 rings (SSSR count). The van der Waals surface area contributed by atoms with Gasteiger partial charge in [-0.2, -0.15) is 0 Å². The summed E-state index contributed by atoms with van der Waals surface area (Å²) >= 11 is 0. The molecule has 1 aromatic heterocycles. The Bertz CT molecular complexity index is 704. The van der Waals surface area contributed by atoms with Crippen LogP contribution in [-0.2, 0) is 11.3 Å². The van der Waals surface area contributed by atoms with Crippen LogP contribution in [0, 0.1) is 0 Å². The minimum Gasteiger partial charge on any atom is -0.482 e. The number of para-hydroxylation sites is 2. The summed E-state index contributed by atoms with van der Waals surface area (Å²) in [6.07, 6.45) is 10.1. The van der Waals surface area contributed by atoms with Crippen molar-refractivity contribution in [3.05, 3.63) is 42.5 Å². The second-order valence-corrected chi connectivity index (χ2v) is 6.32. The van der Waals surface area contributed by atoms with Gasteiger partial charge in [0, 0.05) is 12.2 Å². The van der Waals surface area contributed by atoms with Gasteiger partial charge in [-0.1, -0.05) is 31.4 Å². The number of benzene rings is 1. The van der Waals surface area contributed by atoms with Crippen LogP contribution in [0.15, 0.2) is 36.8 Å². The molecule has 23 heavy (non-hydrogen) atoms. The smallest absolute Gasteiger partial charge is 0.265 e. The maximum Gasteiger partial charge on any atom is 0.265 e. The Kier molecular flexibility index (Phi) is 3.77. The first kappa shape index (κ1) is 14.3. The van der Waals surface area contributed by atoms with Gasteiger partial charge >= 0.3 is 0 Å². The second kappa shape index (κ2) is 6.07. The van der Waals surface area contributed by atoms with Crippen LogP contribution in [0.25, 0.3) is 0 Å². The molecule has 1 aliphatic carbocycles. The van der Waals surface area contributed by atoms with Crippen LogP contribution in [-0.4, -0.2) is 22.1 Å².